The van der Waals surface area contributed by atoms with Crippen LogP contribution in [0.25, 0.3) is 10.8 Å². The Hall–Kier alpha value is -3.92. The third kappa shape index (κ3) is 4.86. The highest BCUT2D eigenvalue weighted by molar-refractivity contribution is 5.86. The number of nitrogens with two attached hydrogens (primary N) is 1. The first kappa shape index (κ1) is 23.2. The van der Waals surface area contributed by atoms with Crippen LogP contribution >= 0.6 is 0 Å². The Morgan fingerprint density at radius 2 is 2.06 bits per heavy atom. The third-order valence-corrected chi connectivity index (χ3v) is 5.90. The van der Waals surface area contributed by atoms with E-state index in [0.717, 1.165) is 16.5 Å². The number of anilines is 2. The molecule has 0 aliphatic carbocycles. The van der Waals surface area contributed by atoms with Crippen LogP contribution in [0.4, 0.5) is 11.5 Å². The van der Waals surface area contributed by atoms with Crippen molar-refractivity contribution in [3.8, 4) is 0 Å². The van der Waals surface area contributed by atoms with Crippen LogP contribution in [0, 0.1) is 12.3 Å². The maximum Gasteiger partial charge on any atom is 0.294 e. The van der Waals surface area contributed by atoms with E-state index in [1.54, 1.807) is 13.1 Å². The van der Waals surface area contributed by atoms with Gasteiger partial charge in [-0.1, -0.05) is 30.3 Å². The first-order valence-electron chi connectivity index (χ1n) is 11.2. The van der Waals surface area contributed by atoms with E-state index >= 15 is 0 Å². The van der Waals surface area contributed by atoms with E-state index in [1.165, 1.54) is 9.63 Å². The standard InChI is InChI=1S/C24H29N7O3/c1-3-29(20-9-8-17-6-4-5-7-18(17)12-20)22-23(33)30(16(2)13-27-22)14-21(32)28-19-10-11-31(24(25)26)34-15-19/h4-9,12-13,19H,3,10-11,14-15H2,1-2H3,(H3,25,26)(H,28,32). The molecule has 1 aromatic heterocycles. The topological polar surface area (TPSA) is 130 Å². The predicted molar refractivity (Wildman–Crippen MR) is 131 cm³/mol. The molecule has 3 aromatic rings. The molecule has 10 heteroatoms. The van der Waals surface area contributed by atoms with Crippen LogP contribution in [0.2, 0.25) is 0 Å². The van der Waals surface area contributed by atoms with Gasteiger partial charge in [0.1, 0.15) is 6.54 Å². The Morgan fingerprint density at radius 3 is 2.74 bits per heavy atom. The highest BCUT2D eigenvalue weighted by atomic mass is 16.7. The maximum atomic E-state index is 13.4. The number of aromatic nitrogens is 2. The van der Waals surface area contributed by atoms with Crippen LogP contribution in [-0.4, -0.2) is 52.2 Å². The van der Waals surface area contributed by atoms with Crippen molar-refractivity contribution >= 4 is 34.1 Å². The number of carbonyl (C=O) groups excluding carboxylic acids is 1. The second-order valence-electron chi connectivity index (χ2n) is 8.23. The summed E-state index contributed by atoms with van der Waals surface area (Å²) in [4.78, 5) is 37.8. The number of fused-ring (bicyclic) bond motifs is 1. The van der Waals surface area contributed by atoms with E-state index in [-0.39, 0.29) is 42.4 Å². The van der Waals surface area contributed by atoms with E-state index in [1.807, 2.05) is 54.3 Å². The summed E-state index contributed by atoms with van der Waals surface area (Å²) < 4.78 is 1.44. The van der Waals surface area contributed by atoms with E-state index in [2.05, 4.69) is 10.3 Å². The first-order valence-corrected chi connectivity index (χ1v) is 11.2. The summed E-state index contributed by atoms with van der Waals surface area (Å²) in [6.07, 6.45) is 2.20. The SMILES string of the molecule is CCN(c1ccc2ccccc2c1)c1ncc(C)n(CC(=O)NC2CCN(C(=N)N)OC2)c1=O. The third-order valence-electron chi connectivity index (χ3n) is 5.90. The van der Waals surface area contributed by atoms with Crippen LogP contribution in [-0.2, 0) is 16.2 Å². The Labute approximate surface area is 197 Å². The van der Waals surface area contributed by atoms with Crippen LogP contribution in [0.15, 0.2) is 53.5 Å². The van der Waals surface area contributed by atoms with Gasteiger partial charge in [0.25, 0.3) is 5.56 Å². The lowest BCUT2D eigenvalue weighted by molar-refractivity contribution is -0.143. The summed E-state index contributed by atoms with van der Waals surface area (Å²) in [6, 6.07) is 13.8. The first-order chi connectivity index (χ1) is 16.4. The molecule has 1 amide bonds. The number of amides is 1. The maximum absolute atomic E-state index is 13.4. The fourth-order valence-corrected chi connectivity index (χ4v) is 4.06. The molecule has 0 spiro atoms. The van der Waals surface area contributed by atoms with Gasteiger partial charge in [-0.05, 0) is 43.2 Å². The number of hydrogen-bond acceptors (Lipinski definition) is 6. The van der Waals surface area contributed by atoms with Crippen molar-refractivity contribution in [1.29, 1.82) is 5.41 Å². The Morgan fingerprint density at radius 1 is 1.29 bits per heavy atom. The lowest BCUT2D eigenvalue weighted by Gasteiger charge is -2.31. The summed E-state index contributed by atoms with van der Waals surface area (Å²) in [5.74, 6) is -0.182. The molecule has 2 aromatic carbocycles. The van der Waals surface area contributed by atoms with Gasteiger partial charge in [-0.2, -0.15) is 0 Å². The van der Waals surface area contributed by atoms with Crippen molar-refractivity contribution in [2.75, 3.05) is 24.6 Å². The number of hydroxylamine groups is 2. The summed E-state index contributed by atoms with van der Waals surface area (Å²) in [5.41, 5.74) is 6.55. The normalized spacial score (nSPS) is 15.8. The van der Waals surface area contributed by atoms with Gasteiger partial charge in [-0.25, -0.2) is 10.0 Å². The number of hydrogen-bond donors (Lipinski definition) is 3. The minimum Gasteiger partial charge on any atom is -0.368 e. The molecule has 2 heterocycles. The summed E-state index contributed by atoms with van der Waals surface area (Å²) in [6.45, 7) is 4.76. The van der Waals surface area contributed by atoms with Gasteiger partial charge in [-0.3, -0.25) is 24.4 Å². The Kier molecular flexibility index (Phi) is 6.78. The summed E-state index contributed by atoms with van der Waals surface area (Å²) in [5, 5.41) is 13.8. The molecule has 1 unspecified atom stereocenters. The smallest absolute Gasteiger partial charge is 0.294 e. The number of guanidine groups is 1. The van der Waals surface area contributed by atoms with E-state index in [0.29, 0.717) is 25.2 Å². The zero-order valence-corrected chi connectivity index (χ0v) is 19.3. The van der Waals surface area contributed by atoms with Crippen molar-refractivity contribution in [2.24, 2.45) is 5.73 Å². The van der Waals surface area contributed by atoms with Crippen LogP contribution < -0.4 is 21.5 Å². The largest absolute Gasteiger partial charge is 0.368 e. The lowest BCUT2D eigenvalue weighted by Crippen LogP contribution is -2.50. The van der Waals surface area contributed by atoms with Gasteiger partial charge >= 0.3 is 0 Å². The number of rotatable bonds is 6. The number of aryl methyl sites for hydroxylation is 1. The quantitative estimate of drug-likeness (QED) is 0.376. The van der Waals surface area contributed by atoms with Crippen LogP contribution in [0.5, 0.6) is 0 Å². The molecule has 0 bridgehead atoms. The zero-order chi connectivity index (χ0) is 24.2. The molecule has 0 radical (unpaired) electrons. The molecular weight excluding hydrogens is 434 g/mol. The minimum atomic E-state index is -0.326. The average Bonchev–Trinajstić information content (AvgIpc) is 2.83. The average molecular weight is 464 g/mol. The summed E-state index contributed by atoms with van der Waals surface area (Å²) in [7, 11) is 0. The second-order valence-corrected chi connectivity index (χ2v) is 8.23. The fraction of sp³-hybridized carbons (Fsp3) is 0.333. The highest BCUT2D eigenvalue weighted by Gasteiger charge is 2.23. The van der Waals surface area contributed by atoms with E-state index < -0.39 is 0 Å². The van der Waals surface area contributed by atoms with Crippen molar-refractivity contribution in [2.45, 2.75) is 32.9 Å². The van der Waals surface area contributed by atoms with E-state index in [4.69, 9.17) is 16.0 Å². The number of nitrogens with zero attached hydrogens (tertiary/aromatic N) is 4. The molecule has 1 atom stereocenters. The van der Waals surface area contributed by atoms with Gasteiger partial charge in [0.2, 0.25) is 11.9 Å². The van der Waals surface area contributed by atoms with Crippen molar-refractivity contribution in [3.05, 3.63) is 64.7 Å². The molecule has 0 saturated carbocycles. The monoisotopic (exact) mass is 463 g/mol. The van der Waals surface area contributed by atoms with Gasteiger partial charge < -0.3 is 16.0 Å². The molecule has 1 aliphatic heterocycles. The molecular formula is C24H29N7O3. The van der Waals surface area contributed by atoms with Crippen molar-refractivity contribution < 1.29 is 9.63 Å². The molecule has 4 N–H and O–H groups in total. The van der Waals surface area contributed by atoms with E-state index in [9.17, 15) is 9.59 Å². The predicted octanol–water partition coefficient (Wildman–Crippen LogP) is 1.88. The molecule has 34 heavy (non-hydrogen) atoms. The Balaban J connectivity index is 1.53. The lowest BCUT2D eigenvalue weighted by atomic mass is 10.1. The van der Waals surface area contributed by atoms with Gasteiger partial charge in [0, 0.05) is 24.1 Å². The number of nitrogens with one attached hydrogen (secondary N) is 2. The summed E-state index contributed by atoms with van der Waals surface area (Å²) >= 11 is 0. The number of carbonyl (C=O) groups is 1. The van der Waals surface area contributed by atoms with Crippen LogP contribution in [0.1, 0.15) is 19.0 Å². The molecule has 1 aliphatic rings. The van der Waals surface area contributed by atoms with Crippen molar-refractivity contribution in [1.82, 2.24) is 19.9 Å². The van der Waals surface area contributed by atoms with Gasteiger partial charge in [-0.15, -0.1) is 0 Å². The van der Waals surface area contributed by atoms with Crippen molar-refractivity contribution in [3.63, 3.8) is 0 Å². The molecule has 1 saturated heterocycles. The Bertz CT molecular complexity index is 1260. The fourth-order valence-electron chi connectivity index (χ4n) is 4.06. The molecule has 10 nitrogen and oxygen atoms in total. The second kappa shape index (κ2) is 9.92. The molecule has 178 valence electrons. The van der Waals surface area contributed by atoms with Gasteiger partial charge in [0.05, 0.1) is 19.2 Å². The molecule has 4 rings (SSSR count). The van der Waals surface area contributed by atoms with Crippen LogP contribution in [0.3, 0.4) is 0 Å². The number of benzene rings is 2. The minimum absolute atomic E-state index is 0.123. The highest BCUT2D eigenvalue weighted by Crippen LogP contribution is 2.25. The zero-order valence-electron chi connectivity index (χ0n) is 19.3. The van der Waals surface area contributed by atoms with Gasteiger partial charge in [0.15, 0.2) is 5.82 Å². The molecule has 1 fully saturated rings.